The summed E-state index contributed by atoms with van der Waals surface area (Å²) >= 11 is 10.8. The van der Waals surface area contributed by atoms with Gasteiger partial charge in [-0.25, -0.2) is 9.97 Å². The Morgan fingerprint density at radius 2 is 2.33 bits per heavy atom. The molecule has 0 aromatic carbocycles. The minimum absolute atomic E-state index is 0.453. The van der Waals surface area contributed by atoms with Crippen LogP contribution in [-0.4, -0.2) is 9.97 Å². The van der Waals surface area contributed by atoms with Crippen LogP contribution in [0, 0.1) is 3.83 Å². The van der Waals surface area contributed by atoms with Gasteiger partial charge in [-0.15, -0.1) is 0 Å². The highest BCUT2D eigenvalue weighted by Crippen LogP contribution is 2.18. The fraction of sp³-hybridized carbons (Fsp3) is 0. The van der Waals surface area contributed by atoms with Gasteiger partial charge in [-0.05, 0) is 15.9 Å². The van der Waals surface area contributed by atoms with Gasteiger partial charge in [-0.3, -0.25) is 0 Å². The van der Waals surface area contributed by atoms with Crippen LogP contribution in [0.4, 0.5) is 0 Å². The Morgan fingerprint density at radius 1 is 1.67 bits per heavy atom. The van der Waals surface area contributed by atoms with Gasteiger partial charge in [0.2, 0.25) is 0 Å². The first-order valence-corrected chi connectivity index (χ1v) is 4.28. The molecule has 0 aliphatic rings. The molecule has 0 atom stereocenters. The molecular weight excluding hydrogens is 318 g/mol. The van der Waals surface area contributed by atoms with E-state index in [-0.39, 0.29) is 0 Å². The van der Waals surface area contributed by atoms with Crippen molar-refractivity contribution in [2.45, 2.75) is 0 Å². The fourth-order valence-electron chi connectivity index (χ4n) is 0.326. The minimum Gasteiger partial charge on any atom is -0.230 e. The first-order valence-electron chi connectivity index (χ1n) is 2.03. The van der Waals surface area contributed by atoms with Crippen molar-refractivity contribution in [3.8, 4) is 0 Å². The van der Waals surface area contributed by atoms with Crippen molar-refractivity contribution < 1.29 is 0 Å². The van der Waals surface area contributed by atoms with E-state index in [9.17, 15) is 0 Å². The third-order valence-corrected chi connectivity index (χ3v) is 2.29. The molecule has 0 unspecified atom stereocenters. The molecule has 1 rings (SSSR count). The van der Waals surface area contributed by atoms with Crippen LogP contribution in [0.5, 0.6) is 0 Å². The van der Waals surface area contributed by atoms with Crippen molar-refractivity contribution in [3.05, 3.63) is 19.7 Å². The van der Waals surface area contributed by atoms with Gasteiger partial charge in [-0.1, -0.05) is 11.6 Å². The van der Waals surface area contributed by atoms with Crippen molar-refractivity contribution in [2.75, 3.05) is 0 Å². The summed E-state index contributed by atoms with van der Waals surface area (Å²) in [4.78, 5) is 7.75. The van der Waals surface area contributed by atoms with Crippen LogP contribution in [0.1, 0.15) is 0 Å². The van der Waals surface area contributed by atoms with Crippen LogP contribution in [0.2, 0.25) is 5.15 Å². The first kappa shape index (κ1) is 7.68. The SMILES string of the molecule is Clc1nc(I)ncc1Br. The molecule has 0 spiro atoms. The molecule has 0 N–H and O–H groups in total. The Labute approximate surface area is 79.3 Å². The van der Waals surface area contributed by atoms with Gasteiger partial charge in [0.25, 0.3) is 0 Å². The summed E-state index contributed by atoms with van der Waals surface area (Å²) in [5, 5.41) is 0.453. The Balaban J connectivity index is 3.17. The molecule has 2 nitrogen and oxygen atoms in total. The summed E-state index contributed by atoms with van der Waals surface area (Å²) in [6, 6.07) is 0. The van der Waals surface area contributed by atoms with Crippen molar-refractivity contribution in [2.24, 2.45) is 0 Å². The number of nitrogens with zero attached hydrogens (tertiary/aromatic N) is 2. The molecule has 5 heteroatoms. The van der Waals surface area contributed by atoms with E-state index in [2.05, 4.69) is 25.9 Å². The van der Waals surface area contributed by atoms with Crippen LogP contribution in [0.3, 0.4) is 0 Å². The van der Waals surface area contributed by atoms with Crippen LogP contribution in [-0.2, 0) is 0 Å². The predicted octanol–water partition coefficient (Wildman–Crippen LogP) is 2.50. The van der Waals surface area contributed by atoms with E-state index in [0.717, 1.165) is 4.47 Å². The van der Waals surface area contributed by atoms with Gasteiger partial charge in [0.05, 0.1) is 4.47 Å². The average Bonchev–Trinajstić information content (AvgIpc) is 1.80. The van der Waals surface area contributed by atoms with Gasteiger partial charge in [0.1, 0.15) is 5.15 Å². The summed E-state index contributed by atoms with van der Waals surface area (Å²) in [5.41, 5.74) is 0. The van der Waals surface area contributed by atoms with Crippen LogP contribution in [0.15, 0.2) is 10.7 Å². The Bertz CT molecular complexity index is 230. The van der Waals surface area contributed by atoms with Gasteiger partial charge >= 0.3 is 0 Å². The van der Waals surface area contributed by atoms with Gasteiger partial charge in [0, 0.05) is 28.8 Å². The number of hydrogen-bond acceptors (Lipinski definition) is 2. The maximum Gasteiger partial charge on any atom is 0.192 e. The third-order valence-electron chi connectivity index (χ3n) is 0.672. The summed E-state index contributed by atoms with van der Waals surface area (Å²) < 4.78 is 1.38. The second kappa shape index (κ2) is 3.12. The molecule has 0 fully saturated rings. The summed E-state index contributed by atoms with van der Waals surface area (Å²) in [6.45, 7) is 0. The third kappa shape index (κ3) is 2.01. The van der Waals surface area contributed by atoms with E-state index in [4.69, 9.17) is 11.6 Å². The lowest BCUT2D eigenvalue weighted by atomic mass is 10.7. The highest BCUT2D eigenvalue weighted by Gasteiger charge is 1.97. The van der Waals surface area contributed by atoms with Crippen LogP contribution in [0.25, 0.3) is 0 Å². The Morgan fingerprint density at radius 3 is 2.78 bits per heavy atom. The van der Waals surface area contributed by atoms with Crippen LogP contribution < -0.4 is 0 Å². The smallest absolute Gasteiger partial charge is 0.192 e. The number of rotatable bonds is 0. The molecule has 0 amide bonds. The zero-order valence-corrected chi connectivity index (χ0v) is 8.61. The zero-order valence-electron chi connectivity index (χ0n) is 4.11. The molecule has 48 valence electrons. The highest BCUT2D eigenvalue weighted by atomic mass is 127. The summed E-state index contributed by atoms with van der Waals surface area (Å²) in [5.74, 6) is 0. The van der Waals surface area contributed by atoms with E-state index in [1.165, 1.54) is 0 Å². The molecule has 1 heterocycles. The molecule has 0 radical (unpaired) electrons. The minimum atomic E-state index is 0.453. The van der Waals surface area contributed by atoms with Crippen molar-refractivity contribution in [1.29, 1.82) is 0 Å². The summed E-state index contributed by atoms with van der Waals surface area (Å²) in [6.07, 6.45) is 1.62. The molecule has 0 bridgehead atoms. The van der Waals surface area contributed by atoms with E-state index >= 15 is 0 Å². The molecular formula is C4HBrClIN2. The molecule has 9 heavy (non-hydrogen) atoms. The number of hydrogen-bond donors (Lipinski definition) is 0. The maximum absolute atomic E-state index is 5.61. The average molecular weight is 319 g/mol. The Hall–Kier alpha value is 0.580. The van der Waals surface area contributed by atoms with E-state index < -0.39 is 0 Å². The second-order valence-electron chi connectivity index (χ2n) is 1.28. The summed E-state index contributed by atoms with van der Waals surface area (Å²) in [7, 11) is 0. The fourth-order valence-corrected chi connectivity index (χ4v) is 1.17. The van der Waals surface area contributed by atoms with E-state index in [1.54, 1.807) is 6.20 Å². The number of halogens is 3. The van der Waals surface area contributed by atoms with Crippen LogP contribution >= 0.6 is 50.1 Å². The molecule has 0 aliphatic carbocycles. The zero-order chi connectivity index (χ0) is 6.85. The first-order chi connectivity index (χ1) is 4.20. The lowest BCUT2D eigenvalue weighted by Gasteiger charge is -1.91. The Kier molecular flexibility index (Phi) is 2.66. The lowest BCUT2D eigenvalue weighted by molar-refractivity contribution is 1.09. The van der Waals surface area contributed by atoms with E-state index in [1.807, 2.05) is 22.6 Å². The lowest BCUT2D eigenvalue weighted by Crippen LogP contribution is -1.85. The molecule has 0 saturated carbocycles. The molecule has 1 aromatic heterocycles. The normalized spacial score (nSPS) is 9.67. The molecule has 0 saturated heterocycles. The van der Waals surface area contributed by atoms with Crippen molar-refractivity contribution in [1.82, 2.24) is 9.97 Å². The number of aromatic nitrogens is 2. The predicted molar refractivity (Wildman–Crippen MR) is 47.5 cm³/mol. The standard InChI is InChI=1S/C4HBrClIN2/c5-2-1-8-4(7)9-3(2)6/h1H. The van der Waals surface area contributed by atoms with Crippen molar-refractivity contribution >= 4 is 50.1 Å². The van der Waals surface area contributed by atoms with Gasteiger partial charge in [-0.2, -0.15) is 0 Å². The second-order valence-corrected chi connectivity index (χ2v) is 3.45. The molecule has 0 aliphatic heterocycles. The quantitative estimate of drug-likeness (QED) is 0.417. The van der Waals surface area contributed by atoms with E-state index in [0.29, 0.717) is 8.98 Å². The van der Waals surface area contributed by atoms with Gasteiger partial charge < -0.3 is 0 Å². The largest absolute Gasteiger partial charge is 0.230 e. The van der Waals surface area contributed by atoms with Gasteiger partial charge in [0.15, 0.2) is 3.83 Å². The monoisotopic (exact) mass is 318 g/mol. The topological polar surface area (TPSA) is 25.8 Å². The highest BCUT2D eigenvalue weighted by molar-refractivity contribution is 14.1. The maximum atomic E-state index is 5.61. The van der Waals surface area contributed by atoms with Crippen molar-refractivity contribution in [3.63, 3.8) is 0 Å². The molecule has 1 aromatic rings.